The maximum atomic E-state index is 12.4. The minimum Gasteiger partial charge on any atom is -0.415 e. The zero-order valence-electron chi connectivity index (χ0n) is 11.2. The van der Waals surface area contributed by atoms with Crippen LogP contribution < -0.4 is 9.47 Å². The Morgan fingerprint density at radius 2 is 1.00 bits per heavy atom. The molecule has 23 heavy (non-hydrogen) atoms. The van der Waals surface area contributed by atoms with Gasteiger partial charge in [0.05, 0.1) is 9.79 Å². The average molecular weight is 375 g/mol. The molecule has 0 radical (unpaired) electrons. The number of ether oxygens (including phenoxy) is 2. The molecule has 6 nitrogen and oxygen atoms in total. The summed E-state index contributed by atoms with van der Waals surface area (Å²) in [6.45, 7) is 0. The molecule has 120 valence electrons. The molecule has 9 heteroatoms. The normalized spacial score (nSPS) is 10.9. The highest BCUT2D eigenvalue weighted by Gasteiger charge is 2.18. The van der Waals surface area contributed by atoms with Crippen LogP contribution in [0.1, 0.15) is 0 Å². The molecule has 2 aromatic carbocycles. The quantitative estimate of drug-likeness (QED) is 0.751. The highest BCUT2D eigenvalue weighted by molar-refractivity contribution is 7.91. The Labute approximate surface area is 141 Å². The number of halogens is 2. The van der Waals surface area contributed by atoms with Crippen LogP contribution in [-0.2, 0) is 9.84 Å². The van der Waals surface area contributed by atoms with Gasteiger partial charge in [-0.05, 0) is 48.5 Å². The third-order valence-corrected chi connectivity index (χ3v) is 4.60. The van der Waals surface area contributed by atoms with E-state index >= 15 is 0 Å². The number of carbonyl (C=O) groups excluding carboxylic acids is 2. The highest BCUT2D eigenvalue weighted by Crippen LogP contribution is 2.25. The van der Waals surface area contributed by atoms with Crippen molar-refractivity contribution >= 4 is 43.9 Å². The molecule has 2 aromatic rings. The Kier molecular flexibility index (Phi) is 5.25. The Bertz CT molecular complexity index is 763. The molecule has 0 heterocycles. The van der Waals surface area contributed by atoms with E-state index in [0.717, 1.165) is 0 Å². The van der Waals surface area contributed by atoms with Crippen molar-refractivity contribution in [3.63, 3.8) is 0 Å². The summed E-state index contributed by atoms with van der Waals surface area (Å²) in [5, 5.41) is 0. The van der Waals surface area contributed by atoms with E-state index in [1.807, 2.05) is 0 Å². The SMILES string of the molecule is O=C(Cl)Oc1ccc(S(=O)(=O)c2ccc(OC(=O)Cl)cc2)cc1. The lowest BCUT2D eigenvalue weighted by atomic mass is 10.3. The molecule has 0 fully saturated rings. The summed E-state index contributed by atoms with van der Waals surface area (Å²) in [6.07, 6.45) is 0. The summed E-state index contributed by atoms with van der Waals surface area (Å²) in [5.74, 6) is 0.238. The maximum absolute atomic E-state index is 12.4. The first-order valence-electron chi connectivity index (χ1n) is 5.99. The zero-order valence-corrected chi connectivity index (χ0v) is 13.6. The fourth-order valence-electron chi connectivity index (χ4n) is 1.70. The molecule has 0 amide bonds. The summed E-state index contributed by atoms with van der Waals surface area (Å²) in [7, 11) is -3.78. The summed E-state index contributed by atoms with van der Waals surface area (Å²) in [5.41, 5.74) is -2.05. The topological polar surface area (TPSA) is 86.7 Å². The lowest BCUT2D eigenvalue weighted by Gasteiger charge is -2.06. The van der Waals surface area contributed by atoms with Gasteiger partial charge in [-0.1, -0.05) is 0 Å². The van der Waals surface area contributed by atoms with E-state index < -0.39 is 20.7 Å². The van der Waals surface area contributed by atoms with Crippen LogP contribution in [0.2, 0.25) is 0 Å². The van der Waals surface area contributed by atoms with Gasteiger partial charge in [0.2, 0.25) is 9.84 Å². The van der Waals surface area contributed by atoms with Crippen molar-refractivity contribution in [2.45, 2.75) is 9.79 Å². The molecule has 0 aliphatic rings. The Morgan fingerprint density at radius 1 is 0.696 bits per heavy atom. The van der Waals surface area contributed by atoms with Gasteiger partial charge in [0, 0.05) is 23.2 Å². The van der Waals surface area contributed by atoms with Crippen molar-refractivity contribution in [3.8, 4) is 11.5 Å². The lowest BCUT2D eigenvalue weighted by molar-refractivity contribution is 0.224. The molecule has 0 aliphatic heterocycles. The van der Waals surface area contributed by atoms with Crippen LogP contribution in [-0.4, -0.2) is 19.3 Å². The molecule has 0 N–H and O–H groups in total. The second kappa shape index (κ2) is 6.99. The molecule has 0 aromatic heterocycles. The first kappa shape index (κ1) is 17.3. The van der Waals surface area contributed by atoms with E-state index in [1.165, 1.54) is 48.5 Å². The summed E-state index contributed by atoms with van der Waals surface area (Å²) in [4.78, 5) is 21.2. The van der Waals surface area contributed by atoms with Crippen molar-refractivity contribution in [1.82, 2.24) is 0 Å². The standard InChI is InChI=1S/C14H8Cl2O6S/c15-13(17)21-9-1-5-11(6-2-9)23(19,20)12-7-3-10(4-8-12)22-14(16)18/h1-8H. The molecule has 2 rings (SSSR count). The number of sulfone groups is 1. The van der Waals surface area contributed by atoms with E-state index in [0.29, 0.717) is 0 Å². The van der Waals surface area contributed by atoms with Crippen molar-refractivity contribution in [2.75, 3.05) is 0 Å². The van der Waals surface area contributed by atoms with Gasteiger partial charge in [-0.15, -0.1) is 0 Å². The smallest absolute Gasteiger partial charge is 0.409 e. The van der Waals surface area contributed by atoms with Gasteiger partial charge in [-0.2, -0.15) is 0 Å². The van der Waals surface area contributed by atoms with Crippen molar-refractivity contribution < 1.29 is 27.5 Å². The van der Waals surface area contributed by atoms with Crippen LogP contribution in [0, 0.1) is 0 Å². The molecule has 0 saturated carbocycles. The number of hydrogen-bond acceptors (Lipinski definition) is 6. The van der Waals surface area contributed by atoms with Gasteiger partial charge >= 0.3 is 10.9 Å². The number of rotatable bonds is 4. The fourth-order valence-corrected chi connectivity index (χ4v) is 3.13. The molecular formula is C14H8Cl2O6S. The lowest BCUT2D eigenvalue weighted by Crippen LogP contribution is -2.03. The Morgan fingerprint density at radius 3 is 1.26 bits per heavy atom. The van der Waals surface area contributed by atoms with Crippen molar-refractivity contribution in [3.05, 3.63) is 48.5 Å². The van der Waals surface area contributed by atoms with Crippen LogP contribution in [0.25, 0.3) is 0 Å². The third-order valence-electron chi connectivity index (χ3n) is 2.66. The van der Waals surface area contributed by atoms with Crippen LogP contribution in [0.4, 0.5) is 9.59 Å². The van der Waals surface area contributed by atoms with Crippen molar-refractivity contribution in [2.24, 2.45) is 0 Å². The summed E-state index contributed by atoms with van der Waals surface area (Å²) >= 11 is 10.1. The van der Waals surface area contributed by atoms with E-state index in [2.05, 4.69) is 9.47 Å². The Balaban J connectivity index is 2.27. The average Bonchev–Trinajstić information content (AvgIpc) is 2.47. The first-order chi connectivity index (χ1) is 10.8. The summed E-state index contributed by atoms with van der Waals surface area (Å²) < 4.78 is 34.1. The number of hydrogen-bond donors (Lipinski definition) is 0. The molecule has 0 bridgehead atoms. The van der Waals surface area contributed by atoms with Gasteiger partial charge in [-0.25, -0.2) is 18.0 Å². The monoisotopic (exact) mass is 374 g/mol. The van der Waals surface area contributed by atoms with Crippen LogP contribution in [0.3, 0.4) is 0 Å². The molecular weight excluding hydrogens is 367 g/mol. The van der Waals surface area contributed by atoms with Crippen molar-refractivity contribution in [1.29, 1.82) is 0 Å². The first-order valence-corrected chi connectivity index (χ1v) is 8.23. The zero-order chi connectivity index (χ0) is 17.0. The second-order valence-corrected chi connectivity index (χ2v) is 6.69. The molecule has 0 aliphatic carbocycles. The molecule has 0 saturated heterocycles. The number of carbonyl (C=O) groups is 2. The van der Waals surface area contributed by atoms with Gasteiger partial charge in [0.15, 0.2) is 0 Å². The van der Waals surface area contributed by atoms with E-state index in [9.17, 15) is 18.0 Å². The van der Waals surface area contributed by atoms with Crippen LogP contribution >= 0.6 is 23.2 Å². The molecule has 0 unspecified atom stereocenters. The van der Waals surface area contributed by atoms with Crippen LogP contribution in [0.5, 0.6) is 11.5 Å². The predicted molar refractivity (Wildman–Crippen MR) is 82.1 cm³/mol. The van der Waals surface area contributed by atoms with E-state index in [1.54, 1.807) is 0 Å². The van der Waals surface area contributed by atoms with Gasteiger partial charge < -0.3 is 9.47 Å². The predicted octanol–water partition coefficient (Wildman–Crippen LogP) is 3.99. The second-order valence-electron chi connectivity index (χ2n) is 4.13. The van der Waals surface area contributed by atoms with Gasteiger partial charge in [0.1, 0.15) is 11.5 Å². The minimum atomic E-state index is -3.78. The summed E-state index contributed by atoms with van der Waals surface area (Å²) in [6, 6.07) is 10.3. The van der Waals surface area contributed by atoms with E-state index in [4.69, 9.17) is 23.2 Å². The van der Waals surface area contributed by atoms with Crippen LogP contribution in [0.15, 0.2) is 58.3 Å². The maximum Gasteiger partial charge on any atom is 0.409 e. The van der Waals surface area contributed by atoms with Gasteiger partial charge in [-0.3, -0.25) is 0 Å². The molecule has 0 spiro atoms. The van der Waals surface area contributed by atoms with E-state index in [-0.39, 0.29) is 21.3 Å². The molecule has 0 atom stereocenters. The fraction of sp³-hybridized carbons (Fsp3) is 0. The third kappa shape index (κ3) is 4.44. The minimum absolute atomic E-state index is 0.00559. The highest BCUT2D eigenvalue weighted by atomic mass is 35.5. The largest absolute Gasteiger partial charge is 0.415 e. The Hall–Kier alpha value is -2.09. The van der Waals surface area contributed by atoms with Gasteiger partial charge in [0.25, 0.3) is 0 Å². The number of benzene rings is 2.